The predicted molar refractivity (Wildman–Crippen MR) is 96.3 cm³/mol. The maximum absolute atomic E-state index is 4.83. The van der Waals surface area contributed by atoms with Gasteiger partial charge < -0.3 is 0 Å². The van der Waals surface area contributed by atoms with Gasteiger partial charge in [-0.1, -0.05) is 24.3 Å². The van der Waals surface area contributed by atoms with Gasteiger partial charge in [-0.2, -0.15) is 0 Å². The van der Waals surface area contributed by atoms with Crippen molar-refractivity contribution in [2.75, 3.05) is 0 Å². The minimum atomic E-state index is 0.784. The highest BCUT2D eigenvalue weighted by atomic mass is 15.1. The third-order valence-corrected chi connectivity index (χ3v) is 4.77. The van der Waals surface area contributed by atoms with Crippen LogP contribution < -0.4 is 9.13 Å². The molecule has 1 aromatic carbocycles. The highest BCUT2D eigenvalue weighted by molar-refractivity contribution is 5.22. The first-order valence-corrected chi connectivity index (χ1v) is 8.92. The lowest BCUT2D eigenvalue weighted by Gasteiger charge is -2.04. The van der Waals surface area contributed by atoms with Gasteiger partial charge in [-0.25, -0.2) is 23.3 Å². The fourth-order valence-electron chi connectivity index (χ4n) is 3.58. The van der Waals surface area contributed by atoms with E-state index in [4.69, 9.17) is 4.98 Å². The molecule has 1 aliphatic rings. The normalized spacial score (nSPS) is 13.5. The second-order valence-corrected chi connectivity index (χ2v) is 6.96. The summed E-state index contributed by atoms with van der Waals surface area (Å²) >= 11 is 0. The van der Waals surface area contributed by atoms with E-state index in [1.54, 1.807) is 0 Å². The average molecular weight is 343 g/mol. The van der Waals surface area contributed by atoms with Crippen LogP contribution in [-0.2, 0) is 26.2 Å². The Labute approximate surface area is 152 Å². The maximum atomic E-state index is 4.83. The van der Waals surface area contributed by atoms with Crippen LogP contribution in [0, 0.1) is 0 Å². The summed E-state index contributed by atoms with van der Waals surface area (Å²) in [4.78, 5) is 4.83. The van der Waals surface area contributed by atoms with E-state index >= 15 is 0 Å². The molecular formula is C21H21N5+2. The number of rotatable bonds is 0. The molecule has 0 N–H and O–H groups in total. The minimum absolute atomic E-state index is 0.784. The van der Waals surface area contributed by atoms with Gasteiger partial charge >= 0.3 is 0 Å². The van der Waals surface area contributed by atoms with Crippen molar-refractivity contribution in [3.05, 3.63) is 102 Å². The summed E-state index contributed by atoms with van der Waals surface area (Å²) in [5, 5.41) is 0. The summed E-state index contributed by atoms with van der Waals surface area (Å²) < 4.78 is 8.81. The van der Waals surface area contributed by atoms with Gasteiger partial charge in [-0.3, -0.25) is 0 Å². The molecule has 0 atom stereocenters. The van der Waals surface area contributed by atoms with E-state index in [9.17, 15) is 0 Å². The zero-order chi connectivity index (χ0) is 17.3. The Balaban J connectivity index is 1.57. The number of benzene rings is 1. The molecule has 26 heavy (non-hydrogen) atoms. The number of aromatic nitrogens is 5. The molecule has 1 aliphatic heterocycles. The van der Waals surface area contributed by atoms with E-state index in [0.717, 1.165) is 37.6 Å². The SMILES string of the molecule is c1cc2cc(c1)C[n+]1ccn(c1)Cc1cccc(n1)Cn1cc[n+](c1)C2. The maximum Gasteiger partial charge on any atom is 0.244 e. The van der Waals surface area contributed by atoms with Gasteiger partial charge in [0.15, 0.2) is 0 Å². The molecule has 8 bridgehead atoms. The first kappa shape index (κ1) is 15.1. The van der Waals surface area contributed by atoms with Gasteiger partial charge in [-0.05, 0) is 29.3 Å². The van der Waals surface area contributed by atoms with Crippen molar-refractivity contribution in [3.63, 3.8) is 0 Å². The predicted octanol–water partition coefficient (Wildman–Crippen LogP) is 1.77. The molecule has 0 spiro atoms. The number of imidazole rings is 2. The standard InChI is InChI=1S/C21H21N5/c1-3-18-11-19(4-1)13-24-8-10-26(17-24)15-21-6-2-5-20(22-21)14-25-9-7-23(12-18)16-25/h1-11,16-17H,12-15H2/q+2. The second-order valence-electron chi connectivity index (χ2n) is 6.96. The summed E-state index contributed by atoms with van der Waals surface area (Å²) in [6, 6.07) is 15.1. The molecule has 0 saturated heterocycles. The number of fused-ring (bicyclic) bond motifs is 8. The average Bonchev–Trinajstić information content (AvgIpc) is 3.24. The summed E-state index contributed by atoms with van der Waals surface area (Å²) in [6.07, 6.45) is 12.8. The third kappa shape index (κ3) is 3.16. The van der Waals surface area contributed by atoms with E-state index < -0.39 is 0 Å². The van der Waals surface area contributed by atoms with Gasteiger partial charge in [0, 0.05) is 0 Å². The van der Waals surface area contributed by atoms with Gasteiger partial charge in [0.1, 0.15) is 51.0 Å². The van der Waals surface area contributed by atoms with E-state index in [0.29, 0.717) is 0 Å². The van der Waals surface area contributed by atoms with Crippen LogP contribution in [0.2, 0.25) is 0 Å². The van der Waals surface area contributed by atoms with Gasteiger partial charge in [0.25, 0.3) is 0 Å². The van der Waals surface area contributed by atoms with E-state index in [2.05, 4.69) is 98.2 Å². The second kappa shape index (κ2) is 6.26. The molecule has 0 unspecified atom stereocenters. The van der Waals surface area contributed by atoms with Crippen molar-refractivity contribution in [1.29, 1.82) is 0 Å². The molecule has 0 saturated carbocycles. The van der Waals surface area contributed by atoms with Crippen molar-refractivity contribution in [1.82, 2.24) is 14.1 Å². The fraction of sp³-hybridized carbons (Fsp3) is 0.190. The lowest BCUT2D eigenvalue weighted by molar-refractivity contribution is -0.688. The zero-order valence-corrected chi connectivity index (χ0v) is 14.6. The molecule has 4 aromatic rings. The van der Waals surface area contributed by atoms with Gasteiger partial charge in [-0.15, -0.1) is 0 Å². The fourth-order valence-corrected chi connectivity index (χ4v) is 3.58. The lowest BCUT2D eigenvalue weighted by atomic mass is 10.1. The molecule has 0 radical (unpaired) electrons. The number of nitrogens with zero attached hydrogens (tertiary/aromatic N) is 5. The minimum Gasteiger partial charge on any atom is -0.250 e. The van der Waals surface area contributed by atoms with Gasteiger partial charge in [0.05, 0.1) is 11.4 Å². The quantitative estimate of drug-likeness (QED) is 0.394. The van der Waals surface area contributed by atoms with Crippen LogP contribution in [-0.4, -0.2) is 14.1 Å². The smallest absolute Gasteiger partial charge is 0.244 e. The van der Waals surface area contributed by atoms with Crippen molar-refractivity contribution in [2.24, 2.45) is 0 Å². The van der Waals surface area contributed by atoms with Crippen LogP contribution in [0.1, 0.15) is 22.5 Å². The summed E-state index contributed by atoms with van der Waals surface area (Å²) in [6.45, 7) is 3.32. The Kier molecular flexibility index (Phi) is 3.63. The number of hydrogen-bond donors (Lipinski definition) is 0. The first-order chi connectivity index (χ1) is 12.8. The summed E-state index contributed by atoms with van der Waals surface area (Å²) in [5.74, 6) is 0. The Morgan fingerprint density at radius 3 is 1.85 bits per heavy atom. The van der Waals surface area contributed by atoms with E-state index in [1.165, 1.54) is 11.1 Å². The van der Waals surface area contributed by atoms with E-state index in [1.807, 2.05) is 0 Å². The Morgan fingerprint density at radius 1 is 0.731 bits per heavy atom. The van der Waals surface area contributed by atoms with Crippen molar-refractivity contribution in [2.45, 2.75) is 26.2 Å². The van der Waals surface area contributed by atoms with Crippen molar-refractivity contribution >= 4 is 0 Å². The molecule has 0 fully saturated rings. The van der Waals surface area contributed by atoms with Crippen LogP contribution in [0.4, 0.5) is 0 Å². The molecule has 5 heteroatoms. The number of hydrogen-bond acceptors (Lipinski definition) is 1. The van der Waals surface area contributed by atoms with Crippen LogP contribution in [0.25, 0.3) is 0 Å². The molecule has 5 nitrogen and oxygen atoms in total. The van der Waals surface area contributed by atoms with Crippen LogP contribution in [0.5, 0.6) is 0 Å². The van der Waals surface area contributed by atoms with Crippen molar-refractivity contribution in [3.8, 4) is 0 Å². The highest BCUT2D eigenvalue weighted by Crippen LogP contribution is 2.07. The molecular weight excluding hydrogens is 322 g/mol. The van der Waals surface area contributed by atoms with Crippen molar-refractivity contribution < 1.29 is 9.13 Å². The van der Waals surface area contributed by atoms with Crippen LogP contribution in [0.15, 0.2) is 79.9 Å². The first-order valence-electron chi connectivity index (χ1n) is 8.92. The highest BCUT2D eigenvalue weighted by Gasteiger charge is 2.11. The topological polar surface area (TPSA) is 30.5 Å². The Hall–Kier alpha value is -3.21. The number of pyridine rings is 1. The Morgan fingerprint density at radius 2 is 1.27 bits per heavy atom. The van der Waals surface area contributed by atoms with Crippen LogP contribution >= 0.6 is 0 Å². The largest absolute Gasteiger partial charge is 0.250 e. The summed E-state index contributed by atoms with van der Waals surface area (Å²) in [7, 11) is 0. The summed E-state index contributed by atoms with van der Waals surface area (Å²) in [5.41, 5.74) is 4.80. The molecule has 0 amide bonds. The zero-order valence-electron chi connectivity index (χ0n) is 14.6. The third-order valence-electron chi connectivity index (χ3n) is 4.77. The molecule has 4 heterocycles. The Bertz CT molecular complexity index is 902. The van der Waals surface area contributed by atoms with Crippen LogP contribution in [0.3, 0.4) is 0 Å². The molecule has 0 aliphatic carbocycles. The molecule has 3 aromatic heterocycles. The molecule has 5 rings (SSSR count). The van der Waals surface area contributed by atoms with E-state index in [-0.39, 0.29) is 0 Å². The monoisotopic (exact) mass is 343 g/mol. The molecule has 128 valence electrons. The van der Waals surface area contributed by atoms with Gasteiger partial charge in [0.2, 0.25) is 12.7 Å². The lowest BCUT2D eigenvalue weighted by Crippen LogP contribution is -2.33.